The Morgan fingerprint density at radius 1 is 1.26 bits per heavy atom. The van der Waals surface area contributed by atoms with Crippen LogP contribution in [0.25, 0.3) is 0 Å². The molecule has 0 saturated carbocycles. The van der Waals surface area contributed by atoms with E-state index in [1.54, 1.807) is 5.57 Å². The number of allylic oxidation sites excluding steroid dienone is 1. The highest BCUT2D eigenvalue weighted by atomic mass is 15.2. The lowest BCUT2D eigenvalue weighted by atomic mass is 9.94. The number of hydrogen-bond acceptors (Lipinski definition) is 2. The van der Waals surface area contributed by atoms with E-state index in [4.69, 9.17) is 4.99 Å². The van der Waals surface area contributed by atoms with E-state index >= 15 is 0 Å². The Morgan fingerprint density at radius 2 is 2.09 bits per heavy atom. The van der Waals surface area contributed by atoms with Gasteiger partial charge in [0.15, 0.2) is 5.96 Å². The molecule has 1 heterocycles. The molecular formula is C19H36N4. The Balaban J connectivity index is 1.66. The summed E-state index contributed by atoms with van der Waals surface area (Å²) >= 11 is 0. The second-order valence-corrected chi connectivity index (χ2v) is 7.08. The van der Waals surface area contributed by atoms with Gasteiger partial charge in [0.05, 0.1) is 0 Å². The molecule has 0 unspecified atom stereocenters. The molecule has 1 fully saturated rings. The van der Waals surface area contributed by atoms with E-state index in [2.05, 4.69) is 35.6 Å². The topological polar surface area (TPSA) is 39.7 Å². The monoisotopic (exact) mass is 320 g/mol. The van der Waals surface area contributed by atoms with Crippen molar-refractivity contribution in [2.45, 2.75) is 58.3 Å². The van der Waals surface area contributed by atoms with Crippen molar-refractivity contribution in [2.75, 3.05) is 39.8 Å². The van der Waals surface area contributed by atoms with Gasteiger partial charge in [-0.1, -0.05) is 11.6 Å². The number of rotatable bonds is 7. The van der Waals surface area contributed by atoms with E-state index in [1.165, 1.54) is 64.5 Å². The zero-order chi connectivity index (χ0) is 16.3. The molecule has 4 heteroatoms. The number of aliphatic imine (C=N–C) groups is 1. The third kappa shape index (κ3) is 7.38. The summed E-state index contributed by atoms with van der Waals surface area (Å²) in [5.74, 6) is 1.86. The van der Waals surface area contributed by atoms with Gasteiger partial charge in [-0.25, -0.2) is 0 Å². The Labute approximate surface area is 142 Å². The molecule has 23 heavy (non-hydrogen) atoms. The van der Waals surface area contributed by atoms with Crippen molar-refractivity contribution in [1.29, 1.82) is 0 Å². The number of nitrogens with one attached hydrogen (secondary N) is 2. The molecule has 1 saturated heterocycles. The molecule has 0 amide bonds. The zero-order valence-electron chi connectivity index (χ0n) is 15.2. The third-order valence-electron chi connectivity index (χ3n) is 5.11. The molecule has 0 aromatic rings. The standard InChI is InChI=1S/C19H36N4/c1-3-20-19(21-13-9-17-7-5-4-6-8-17)22-14-10-18-11-15-23(2)16-12-18/h7,18H,3-6,8-16H2,1-2H3,(H2,20,21,22). The van der Waals surface area contributed by atoms with E-state index in [1.807, 2.05) is 0 Å². The predicted octanol–water partition coefficient (Wildman–Crippen LogP) is 3.16. The van der Waals surface area contributed by atoms with Gasteiger partial charge in [-0.15, -0.1) is 0 Å². The number of guanidine groups is 1. The van der Waals surface area contributed by atoms with Crippen molar-refractivity contribution in [3.8, 4) is 0 Å². The van der Waals surface area contributed by atoms with Gasteiger partial charge in [-0.3, -0.25) is 4.99 Å². The highest BCUT2D eigenvalue weighted by Crippen LogP contribution is 2.20. The summed E-state index contributed by atoms with van der Waals surface area (Å²) in [7, 11) is 2.23. The van der Waals surface area contributed by atoms with Gasteiger partial charge in [0.2, 0.25) is 0 Å². The maximum Gasteiger partial charge on any atom is 0.191 e. The molecule has 4 nitrogen and oxygen atoms in total. The molecule has 0 aromatic carbocycles. The summed E-state index contributed by atoms with van der Waals surface area (Å²) in [6, 6.07) is 0. The van der Waals surface area contributed by atoms with Crippen LogP contribution < -0.4 is 10.6 Å². The van der Waals surface area contributed by atoms with Gasteiger partial charge in [0.25, 0.3) is 0 Å². The highest BCUT2D eigenvalue weighted by molar-refractivity contribution is 5.79. The Bertz CT molecular complexity index is 381. The van der Waals surface area contributed by atoms with E-state index in [0.717, 1.165) is 31.5 Å². The normalized spacial score (nSPS) is 21.1. The van der Waals surface area contributed by atoms with Gasteiger partial charge in [0.1, 0.15) is 0 Å². The molecule has 2 aliphatic rings. The fourth-order valence-electron chi connectivity index (χ4n) is 3.52. The number of hydrogen-bond donors (Lipinski definition) is 2. The quantitative estimate of drug-likeness (QED) is 0.430. The molecule has 0 aromatic heterocycles. The Hall–Kier alpha value is -1.03. The summed E-state index contributed by atoms with van der Waals surface area (Å²) < 4.78 is 0. The van der Waals surface area contributed by atoms with Crippen LogP contribution in [0.5, 0.6) is 0 Å². The maximum atomic E-state index is 4.77. The summed E-state index contributed by atoms with van der Waals surface area (Å²) in [6.07, 6.45) is 12.8. The van der Waals surface area contributed by atoms with Crippen LogP contribution in [0, 0.1) is 5.92 Å². The zero-order valence-corrected chi connectivity index (χ0v) is 15.2. The van der Waals surface area contributed by atoms with E-state index in [9.17, 15) is 0 Å². The van der Waals surface area contributed by atoms with E-state index in [0.29, 0.717) is 0 Å². The van der Waals surface area contributed by atoms with Gasteiger partial charge >= 0.3 is 0 Å². The van der Waals surface area contributed by atoms with Crippen molar-refractivity contribution in [3.05, 3.63) is 11.6 Å². The van der Waals surface area contributed by atoms with Crippen LogP contribution in [0.3, 0.4) is 0 Å². The van der Waals surface area contributed by atoms with Crippen LogP contribution in [0.4, 0.5) is 0 Å². The molecule has 0 radical (unpaired) electrons. The minimum Gasteiger partial charge on any atom is -0.357 e. The van der Waals surface area contributed by atoms with Crippen molar-refractivity contribution in [2.24, 2.45) is 10.9 Å². The molecule has 0 bridgehead atoms. The minimum atomic E-state index is 0.866. The van der Waals surface area contributed by atoms with Crippen LogP contribution in [0.2, 0.25) is 0 Å². The molecular weight excluding hydrogens is 284 g/mol. The summed E-state index contributed by atoms with van der Waals surface area (Å²) in [5.41, 5.74) is 1.63. The second kappa shape index (κ2) is 10.7. The average molecular weight is 321 g/mol. The lowest BCUT2D eigenvalue weighted by molar-refractivity contribution is 0.214. The minimum absolute atomic E-state index is 0.866. The molecule has 132 valence electrons. The van der Waals surface area contributed by atoms with Crippen LogP contribution in [0.1, 0.15) is 58.3 Å². The largest absolute Gasteiger partial charge is 0.357 e. The van der Waals surface area contributed by atoms with Crippen LogP contribution in [0.15, 0.2) is 16.6 Å². The van der Waals surface area contributed by atoms with Crippen molar-refractivity contribution < 1.29 is 0 Å². The predicted molar refractivity (Wildman–Crippen MR) is 100.0 cm³/mol. The molecule has 0 atom stereocenters. The first-order valence-electron chi connectivity index (χ1n) is 9.66. The molecule has 1 aliphatic carbocycles. The van der Waals surface area contributed by atoms with Gasteiger partial charge in [-0.2, -0.15) is 0 Å². The molecule has 2 rings (SSSR count). The lowest BCUT2D eigenvalue weighted by Gasteiger charge is -2.28. The first-order valence-corrected chi connectivity index (χ1v) is 9.66. The number of nitrogens with zero attached hydrogens (tertiary/aromatic N) is 2. The molecule has 2 N–H and O–H groups in total. The third-order valence-corrected chi connectivity index (χ3v) is 5.11. The van der Waals surface area contributed by atoms with Crippen molar-refractivity contribution in [3.63, 3.8) is 0 Å². The maximum absolute atomic E-state index is 4.77. The first kappa shape index (κ1) is 18.3. The highest BCUT2D eigenvalue weighted by Gasteiger charge is 2.15. The Morgan fingerprint density at radius 3 is 2.78 bits per heavy atom. The van der Waals surface area contributed by atoms with Crippen LogP contribution in [-0.4, -0.2) is 50.6 Å². The van der Waals surface area contributed by atoms with Crippen LogP contribution in [-0.2, 0) is 0 Å². The number of piperidine rings is 1. The van der Waals surface area contributed by atoms with Crippen LogP contribution >= 0.6 is 0 Å². The van der Waals surface area contributed by atoms with E-state index in [-0.39, 0.29) is 0 Å². The fraction of sp³-hybridized carbons (Fsp3) is 0.842. The molecule has 0 spiro atoms. The number of likely N-dealkylation sites (tertiary alicyclic amines) is 1. The van der Waals surface area contributed by atoms with Crippen molar-refractivity contribution >= 4 is 5.96 Å². The fourth-order valence-corrected chi connectivity index (χ4v) is 3.52. The summed E-state index contributed by atoms with van der Waals surface area (Å²) in [6.45, 7) is 7.53. The smallest absolute Gasteiger partial charge is 0.191 e. The molecule has 1 aliphatic heterocycles. The van der Waals surface area contributed by atoms with Crippen molar-refractivity contribution in [1.82, 2.24) is 15.5 Å². The SMILES string of the molecule is CCNC(=NCCC1CCN(C)CC1)NCCC1=CCCCC1. The summed E-state index contributed by atoms with van der Waals surface area (Å²) in [5, 5.41) is 6.88. The van der Waals surface area contributed by atoms with E-state index < -0.39 is 0 Å². The van der Waals surface area contributed by atoms with Gasteiger partial charge < -0.3 is 15.5 Å². The second-order valence-electron chi connectivity index (χ2n) is 7.08. The van der Waals surface area contributed by atoms with Gasteiger partial charge in [0, 0.05) is 19.6 Å². The summed E-state index contributed by atoms with van der Waals surface area (Å²) in [4.78, 5) is 7.21. The van der Waals surface area contributed by atoms with Gasteiger partial charge in [-0.05, 0) is 84.3 Å². The Kier molecular flexibility index (Phi) is 8.51. The first-order chi connectivity index (χ1) is 11.3. The average Bonchev–Trinajstić information content (AvgIpc) is 2.58. The lowest BCUT2D eigenvalue weighted by Crippen LogP contribution is -2.38.